The van der Waals surface area contributed by atoms with E-state index in [9.17, 15) is 16.8 Å². The van der Waals surface area contributed by atoms with Crippen LogP contribution in [0.2, 0.25) is 0 Å². The molecule has 0 aliphatic carbocycles. The van der Waals surface area contributed by atoms with E-state index < -0.39 is 24.9 Å². The quantitative estimate of drug-likeness (QED) is 0.805. The molecule has 4 nitrogen and oxygen atoms in total. The summed E-state index contributed by atoms with van der Waals surface area (Å²) in [6.07, 6.45) is 1.04. The average molecular weight is 276 g/mol. The van der Waals surface area contributed by atoms with Crippen LogP contribution < -0.4 is 0 Å². The zero-order valence-corrected chi connectivity index (χ0v) is 11.5. The molecule has 0 aliphatic rings. The molecule has 6 heteroatoms. The molecular formula is C11H16O4S2. The van der Waals surface area contributed by atoms with Crippen molar-refractivity contribution in [1.82, 2.24) is 0 Å². The molecule has 0 amide bonds. The predicted molar refractivity (Wildman–Crippen MR) is 68.2 cm³/mol. The van der Waals surface area contributed by atoms with Crippen molar-refractivity contribution in [3.8, 4) is 0 Å². The minimum atomic E-state index is -3.43. The summed E-state index contributed by atoms with van der Waals surface area (Å²) in [5.74, 6) is -0.452. The van der Waals surface area contributed by atoms with E-state index in [2.05, 4.69) is 0 Å². The second kappa shape index (κ2) is 5.18. The lowest BCUT2D eigenvalue weighted by Gasteiger charge is -2.11. The Kier molecular flexibility index (Phi) is 4.32. The van der Waals surface area contributed by atoms with E-state index in [-0.39, 0.29) is 11.5 Å². The number of hydrogen-bond donors (Lipinski definition) is 0. The summed E-state index contributed by atoms with van der Waals surface area (Å²) in [4.78, 5) is 0. The van der Waals surface area contributed by atoms with Crippen molar-refractivity contribution in [2.24, 2.45) is 0 Å². The fourth-order valence-electron chi connectivity index (χ4n) is 1.48. The molecule has 0 bridgehead atoms. The van der Waals surface area contributed by atoms with Gasteiger partial charge in [-0.05, 0) is 12.5 Å². The summed E-state index contributed by atoms with van der Waals surface area (Å²) >= 11 is 0. The standard InChI is InChI=1S/C11H16O4S2/c1-10(8-16(2,12)13)17(14,15)9-11-6-4-3-5-7-11/h3-7,10H,8-9H2,1-2H3/t10-/m0/s1. The van der Waals surface area contributed by atoms with Gasteiger partial charge < -0.3 is 0 Å². The van der Waals surface area contributed by atoms with Crippen LogP contribution in [0.3, 0.4) is 0 Å². The first kappa shape index (κ1) is 14.2. The van der Waals surface area contributed by atoms with Gasteiger partial charge in [-0.25, -0.2) is 16.8 Å². The van der Waals surface area contributed by atoms with Crippen LogP contribution in [0.4, 0.5) is 0 Å². The van der Waals surface area contributed by atoms with Gasteiger partial charge in [-0.3, -0.25) is 0 Å². The van der Waals surface area contributed by atoms with Crippen molar-refractivity contribution in [2.45, 2.75) is 17.9 Å². The molecule has 1 aromatic carbocycles. The van der Waals surface area contributed by atoms with Gasteiger partial charge >= 0.3 is 0 Å². The maximum Gasteiger partial charge on any atom is 0.158 e. The highest BCUT2D eigenvalue weighted by atomic mass is 32.2. The third kappa shape index (κ3) is 4.87. The van der Waals surface area contributed by atoms with Gasteiger partial charge in [0.2, 0.25) is 0 Å². The lowest BCUT2D eigenvalue weighted by atomic mass is 10.2. The summed E-state index contributed by atoms with van der Waals surface area (Å²) in [5.41, 5.74) is 0.674. The summed E-state index contributed by atoms with van der Waals surface area (Å²) in [6, 6.07) is 8.74. The average Bonchev–Trinajstić information content (AvgIpc) is 2.15. The van der Waals surface area contributed by atoms with Crippen LogP contribution in [0.25, 0.3) is 0 Å². The molecule has 1 aromatic rings. The highest BCUT2D eigenvalue weighted by Crippen LogP contribution is 2.12. The molecule has 0 fully saturated rings. The van der Waals surface area contributed by atoms with Gasteiger partial charge in [-0.2, -0.15) is 0 Å². The Hall–Kier alpha value is -0.880. The Labute approximate surface area is 103 Å². The third-order valence-corrected chi connectivity index (χ3v) is 5.81. The predicted octanol–water partition coefficient (Wildman–Crippen LogP) is 1.03. The van der Waals surface area contributed by atoms with E-state index in [1.165, 1.54) is 6.92 Å². The van der Waals surface area contributed by atoms with Crippen LogP contribution in [0.5, 0.6) is 0 Å². The second-order valence-electron chi connectivity index (χ2n) is 4.20. The van der Waals surface area contributed by atoms with Gasteiger partial charge in [-0.15, -0.1) is 0 Å². The molecular weight excluding hydrogens is 260 g/mol. The fraction of sp³-hybridized carbons (Fsp3) is 0.455. The largest absolute Gasteiger partial charge is 0.229 e. The molecule has 0 saturated heterocycles. The summed E-state index contributed by atoms with van der Waals surface area (Å²) in [6.45, 7) is 1.43. The highest BCUT2D eigenvalue weighted by Gasteiger charge is 2.24. The van der Waals surface area contributed by atoms with Crippen LogP contribution in [-0.4, -0.2) is 34.1 Å². The van der Waals surface area contributed by atoms with Crippen molar-refractivity contribution < 1.29 is 16.8 Å². The molecule has 0 saturated carbocycles. The molecule has 0 aliphatic heterocycles. The minimum absolute atomic E-state index is 0.121. The number of sulfone groups is 2. The summed E-state index contributed by atoms with van der Waals surface area (Å²) in [7, 11) is -6.70. The lowest BCUT2D eigenvalue weighted by Crippen LogP contribution is -2.27. The highest BCUT2D eigenvalue weighted by molar-refractivity contribution is 7.94. The Morgan fingerprint density at radius 1 is 1.06 bits per heavy atom. The Morgan fingerprint density at radius 3 is 2.06 bits per heavy atom. The minimum Gasteiger partial charge on any atom is -0.229 e. The third-order valence-electron chi connectivity index (χ3n) is 2.36. The van der Waals surface area contributed by atoms with Crippen LogP contribution in [0.15, 0.2) is 30.3 Å². The van der Waals surface area contributed by atoms with Crippen LogP contribution >= 0.6 is 0 Å². The Bertz CT molecular complexity index is 559. The molecule has 96 valence electrons. The van der Waals surface area contributed by atoms with Gasteiger partial charge in [0.15, 0.2) is 9.84 Å². The zero-order valence-electron chi connectivity index (χ0n) is 9.83. The summed E-state index contributed by atoms with van der Waals surface area (Å²) < 4.78 is 46.0. The smallest absolute Gasteiger partial charge is 0.158 e. The molecule has 17 heavy (non-hydrogen) atoms. The molecule has 1 atom stereocenters. The SMILES string of the molecule is C[C@@H](CS(C)(=O)=O)S(=O)(=O)Cc1ccccc1. The van der Waals surface area contributed by atoms with Gasteiger partial charge in [0.25, 0.3) is 0 Å². The number of rotatable bonds is 5. The lowest BCUT2D eigenvalue weighted by molar-refractivity contribution is 0.578. The van der Waals surface area contributed by atoms with Crippen molar-refractivity contribution in [2.75, 3.05) is 12.0 Å². The van der Waals surface area contributed by atoms with E-state index in [0.717, 1.165) is 6.26 Å². The maximum atomic E-state index is 11.9. The van der Waals surface area contributed by atoms with E-state index in [1.807, 2.05) is 0 Å². The van der Waals surface area contributed by atoms with Gasteiger partial charge in [-0.1, -0.05) is 30.3 Å². The molecule has 0 N–H and O–H groups in total. The van der Waals surface area contributed by atoms with Crippen molar-refractivity contribution >= 4 is 19.7 Å². The topological polar surface area (TPSA) is 68.3 Å². The van der Waals surface area contributed by atoms with Crippen LogP contribution in [0, 0.1) is 0 Å². The molecule has 0 unspecified atom stereocenters. The van der Waals surface area contributed by atoms with Crippen molar-refractivity contribution in [3.05, 3.63) is 35.9 Å². The van der Waals surface area contributed by atoms with Gasteiger partial charge in [0, 0.05) is 6.26 Å². The monoisotopic (exact) mass is 276 g/mol. The molecule has 1 rings (SSSR count). The first-order valence-corrected chi connectivity index (χ1v) is 8.91. The molecule has 0 aromatic heterocycles. The van der Waals surface area contributed by atoms with E-state index in [0.29, 0.717) is 5.56 Å². The maximum absolute atomic E-state index is 11.9. The zero-order chi connectivity index (χ0) is 13.1. The number of benzene rings is 1. The number of hydrogen-bond acceptors (Lipinski definition) is 4. The van der Waals surface area contributed by atoms with Crippen LogP contribution in [0.1, 0.15) is 12.5 Å². The van der Waals surface area contributed by atoms with Crippen molar-refractivity contribution in [1.29, 1.82) is 0 Å². The Morgan fingerprint density at radius 2 is 1.59 bits per heavy atom. The van der Waals surface area contributed by atoms with Crippen LogP contribution in [-0.2, 0) is 25.4 Å². The van der Waals surface area contributed by atoms with E-state index in [1.54, 1.807) is 30.3 Å². The molecule has 0 radical (unpaired) electrons. The fourth-order valence-corrected chi connectivity index (χ4v) is 4.84. The second-order valence-corrected chi connectivity index (χ2v) is 8.80. The Balaban J connectivity index is 2.83. The molecule has 0 spiro atoms. The summed E-state index contributed by atoms with van der Waals surface area (Å²) in [5, 5.41) is -0.877. The van der Waals surface area contributed by atoms with Gasteiger partial charge in [0.1, 0.15) is 9.84 Å². The normalized spacial score (nSPS) is 14.5. The first-order valence-electron chi connectivity index (χ1n) is 5.14. The van der Waals surface area contributed by atoms with E-state index >= 15 is 0 Å². The molecule has 0 heterocycles. The van der Waals surface area contributed by atoms with Crippen molar-refractivity contribution in [3.63, 3.8) is 0 Å². The first-order chi connectivity index (χ1) is 7.71. The van der Waals surface area contributed by atoms with E-state index in [4.69, 9.17) is 0 Å². The van der Waals surface area contributed by atoms with Gasteiger partial charge in [0.05, 0.1) is 16.8 Å².